The van der Waals surface area contributed by atoms with Crippen molar-refractivity contribution in [1.82, 2.24) is 4.98 Å². The van der Waals surface area contributed by atoms with Crippen LogP contribution in [0.15, 0.2) is 66.9 Å². The fraction of sp³-hybridized carbons (Fsp3) is 0.0500. The van der Waals surface area contributed by atoms with E-state index in [-0.39, 0.29) is 11.8 Å². The molecule has 3 rings (SSSR count). The van der Waals surface area contributed by atoms with Crippen molar-refractivity contribution in [3.05, 3.63) is 77.4 Å². The fourth-order valence-corrected chi connectivity index (χ4v) is 2.55. The van der Waals surface area contributed by atoms with Gasteiger partial charge >= 0.3 is 0 Å². The smallest absolute Gasteiger partial charge is 0.257 e. The predicted octanol–water partition coefficient (Wildman–Crippen LogP) is 4.69. The Kier molecular flexibility index (Phi) is 5.68. The van der Waals surface area contributed by atoms with Gasteiger partial charge in [0.15, 0.2) is 0 Å². The van der Waals surface area contributed by atoms with E-state index in [9.17, 15) is 9.59 Å². The molecule has 0 atom stereocenters. The highest BCUT2D eigenvalue weighted by Gasteiger charge is 2.07. The second-order valence-electron chi connectivity index (χ2n) is 5.78. The standard InChI is InChI=1S/C20H17ClN4O2/c1-13(26)23-16-6-8-17(9-7-16)25-20(27)14-5-10-19(22-12-14)24-18-4-2-3-15(21)11-18/h2-12H,1H3,(H,22,24)(H,23,26)(H,25,27). The van der Waals surface area contributed by atoms with Crippen LogP contribution in [-0.4, -0.2) is 16.8 Å². The van der Waals surface area contributed by atoms with Crippen molar-refractivity contribution in [2.24, 2.45) is 0 Å². The zero-order chi connectivity index (χ0) is 19.2. The Balaban J connectivity index is 1.62. The fourth-order valence-electron chi connectivity index (χ4n) is 2.36. The quantitative estimate of drug-likeness (QED) is 0.599. The maximum atomic E-state index is 12.3. The summed E-state index contributed by atoms with van der Waals surface area (Å²) in [7, 11) is 0. The number of halogens is 1. The minimum absolute atomic E-state index is 0.149. The molecule has 136 valence electrons. The van der Waals surface area contributed by atoms with Crippen LogP contribution in [0.1, 0.15) is 17.3 Å². The lowest BCUT2D eigenvalue weighted by Gasteiger charge is -2.08. The molecule has 3 N–H and O–H groups in total. The van der Waals surface area contributed by atoms with Crippen LogP contribution in [-0.2, 0) is 4.79 Å². The van der Waals surface area contributed by atoms with E-state index in [1.165, 1.54) is 13.1 Å². The molecule has 6 nitrogen and oxygen atoms in total. The van der Waals surface area contributed by atoms with Crippen LogP contribution in [0.5, 0.6) is 0 Å². The molecule has 2 amide bonds. The van der Waals surface area contributed by atoms with Gasteiger partial charge in [-0.05, 0) is 54.6 Å². The highest BCUT2D eigenvalue weighted by molar-refractivity contribution is 6.30. The van der Waals surface area contributed by atoms with Crippen molar-refractivity contribution < 1.29 is 9.59 Å². The van der Waals surface area contributed by atoms with Crippen LogP contribution in [0.3, 0.4) is 0 Å². The van der Waals surface area contributed by atoms with E-state index in [4.69, 9.17) is 11.6 Å². The number of carbonyl (C=O) groups excluding carboxylic acids is 2. The van der Waals surface area contributed by atoms with Gasteiger partial charge in [-0.2, -0.15) is 0 Å². The van der Waals surface area contributed by atoms with E-state index >= 15 is 0 Å². The summed E-state index contributed by atoms with van der Waals surface area (Å²) in [6, 6.07) is 17.5. The number of hydrogen-bond acceptors (Lipinski definition) is 4. The summed E-state index contributed by atoms with van der Waals surface area (Å²) in [6.45, 7) is 1.44. The Bertz CT molecular complexity index is 956. The van der Waals surface area contributed by atoms with Gasteiger partial charge in [0, 0.05) is 35.2 Å². The Morgan fingerprint density at radius 3 is 2.19 bits per heavy atom. The lowest BCUT2D eigenvalue weighted by atomic mass is 10.2. The first-order chi connectivity index (χ1) is 13.0. The summed E-state index contributed by atoms with van der Waals surface area (Å²) >= 11 is 5.96. The number of benzene rings is 2. The molecule has 0 aliphatic rings. The van der Waals surface area contributed by atoms with Gasteiger partial charge in [0.05, 0.1) is 5.56 Å². The number of amides is 2. The largest absolute Gasteiger partial charge is 0.340 e. The second-order valence-corrected chi connectivity index (χ2v) is 6.22. The minimum atomic E-state index is -0.274. The third kappa shape index (κ3) is 5.29. The highest BCUT2D eigenvalue weighted by atomic mass is 35.5. The second kappa shape index (κ2) is 8.33. The molecule has 0 saturated carbocycles. The molecule has 0 bridgehead atoms. The average Bonchev–Trinajstić information content (AvgIpc) is 2.63. The van der Waals surface area contributed by atoms with Crippen LogP contribution in [0.25, 0.3) is 0 Å². The first-order valence-corrected chi connectivity index (χ1v) is 8.55. The first-order valence-electron chi connectivity index (χ1n) is 8.17. The Hall–Kier alpha value is -3.38. The van der Waals surface area contributed by atoms with Crippen LogP contribution in [0.4, 0.5) is 22.9 Å². The number of anilines is 4. The van der Waals surface area contributed by atoms with Crippen LogP contribution in [0, 0.1) is 0 Å². The predicted molar refractivity (Wildman–Crippen MR) is 108 cm³/mol. The molecule has 1 heterocycles. The number of nitrogens with zero attached hydrogens (tertiary/aromatic N) is 1. The van der Waals surface area contributed by atoms with Crippen molar-refractivity contribution in [2.45, 2.75) is 6.92 Å². The Morgan fingerprint density at radius 1 is 0.889 bits per heavy atom. The normalized spacial score (nSPS) is 10.1. The molecule has 2 aromatic carbocycles. The van der Waals surface area contributed by atoms with Crippen LogP contribution >= 0.6 is 11.6 Å². The molecule has 0 spiro atoms. The van der Waals surface area contributed by atoms with E-state index in [0.717, 1.165) is 5.69 Å². The molecule has 27 heavy (non-hydrogen) atoms. The lowest BCUT2D eigenvalue weighted by molar-refractivity contribution is -0.114. The zero-order valence-electron chi connectivity index (χ0n) is 14.5. The average molecular weight is 381 g/mol. The van der Waals surface area contributed by atoms with Gasteiger partial charge in [-0.25, -0.2) is 4.98 Å². The Morgan fingerprint density at radius 2 is 1.59 bits per heavy atom. The van der Waals surface area contributed by atoms with Crippen molar-refractivity contribution in [3.63, 3.8) is 0 Å². The van der Waals surface area contributed by atoms with Gasteiger partial charge in [0.25, 0.3) is 5.91 Å². The number of pyridine rings is 1. The third-order valence-corrected chi connectivity index (χ3v) is 3.82. The van der Waals surface area contributed by atoms with Crippen LogP contribution < -0.4 is 16.0 Å². The van der Waals surface area contributed by atoms with E-state index < -0.39 is 0 Å². The lowest BCUT2D eigenvalue weighted by Crippen LogP contribution is -2.12. The summed E-state index contributed by atoms with van der Waals surface area (Å²) in [4.78, 5) is 27.6. The molecule has 0 unspecified atom stereocenters. The summed E-state index contributed by atoms with van der Waals surface area (Å²) in [6.07, 6.45) is 1.49. The van der Waals surface area contributed by atoms with Crippen molar-refractivity contribution in [1.29, 1.82) is 0 Å². The molecule has 3 aromatic rings. The molecule has 7 heteroatoms. The molecular weight excluding hydrogens is 364 g/mol. The van der Waals surface area contributed by atoms with E-state index in [2.05, 4.69) is 20.9 Å². The maximum absolute atomic E-state index is 12.3. The van der Waals surface area contributed by atoms with Crippen molar-refractivity contribution in [3.8, 4) is 0 Å². The number of nitrogens with one attached hydrogen (secondary N) is 3. The first kappa shape index (κ1) is 18.4. The monoisotopic (exact) mass is 380 g/mol. The molecule has 1 aromatic heterocycles. The molecule has 0 saturated heterocycles. The molecule has 0 aliphatic heterocycles. The highest BCUT2D eigenvalue weighted by Crippen LogP contribution is 2.19. The summed E-state index contributed by atoms with van der Waals surface area (Å²) in [5.41, 5.74) is 2.53. The van der Waals surface area contributed by atoms with Crippen molar-refractivity contribution >= 4 is 46.3 Å². The van der Waals surface area contributed by atoms with Gasteiger partial charge in [-0.3, -0.25) is 9.59 Å². The van der Waals surface area contributed by atoms with Gasteiger partial charge in [0.2, 0.25) is 5.91 Å². The summed E-state index contributed by atoms with van der Waals surface area (Å²) in [5.74, 6) is 0.182. The molecular formula is C20H17ClN4O2. The Labute approximate surface area is 161 Å². The zero-order valence-corrected chi connectivity index (χ0v) is 15.2. The maximum Gasteiger partial charge on any atom is 0.257 e. The van der Waals surface area contributed by atoms with Gasteiger partial charge in [-0.1, -0.05) is 17.7 Å². The van der Waals surface area contributed by atoms with E-state index in [1.54, 1.807) is 48.5 Å². The third-order valence-electron chi connectivity index (χ3n) is 3.59. The van der Waals surface area contributed by atoms with Crippen molar-refractivity contribution in [2.75, 3.05) is 16.0 Å². The number of carbonyl (C=O) groups is 2. The SMILES string of the molecule is CC(=O)Nc1ccc(NC(=O)c2ccc(Nc3cccc(Cl)c3)nc2)cc1. The summed E-state index contributed by atoms with van der Waals surface area (Å²) < 4.78 is 0. The molecule has 0 fully saturated rings. The van der Waals surface area contributed by atoms with Crippen LogP contribution in [0.2, 0.25) is 5.02 Å². The molecule has 0 aliphatic carbocycles. The summed E-state index contributed by atoms with van der Waals surface area (Å²) in [5, 5.41) is 9.20. The van der Waals surface area contributed by atoms with E-state index in [1.807, 2.05) is 12.1 Å². The topological polar surface area (TPSA) is 83.1 Å². The molecule has 0 radical (unpaired) electrons. The van der Waals surface area contributed by atoms with Gasteiger partial charge in [0.1, 0.15) is 5.82 Å². The van der Waals surface area contributed by atoms with Gasteiger partial charge in [-0.15, -0.1) is 0 Å². The number of rotatable bonds is 5. The minimum Gasteiger partial charge on any atom is -0.340 e. The number of aromatic nitrogens is 1. The van der Waals surface area contributed by atoms with E-state index in [0.29, 0.717) is 27.8 Å². The number of hydrogen-bond donors (Lipinski definition) is 3. The van der Waals surface area contributed by atoms with Gasteiger partial charge < -0.3 is 16.0 Å².